The molecule has 6 heteroatoms. The van der Waals surface area contributed by atoms with E-state index in [0.717, 1.165) is 46.0 Å². The van der Waals surface area contributed by atoms with Gasteiger partial charge in [-0.15, -0.1) is 0 Å². The number of hydrogen-bond acceptors (Lipinski definition) is 6. The quantitative estimate of drug-likeness (QED) is 0.662. The van der Waals surface area contributed by atoms with Gasteiger partial charge < -0.3 is 18.9 Å². The monoisotopic (exact) mass is 392 g/mol. The summed E-state index contributed by atoms with van der Waals surface area (Å²) in [5.74, 6) is 6.88. The van der Waals surface area contributed by atoms with Crippen molar-refractivity contribution in [2.75, 3.05) is 49.4 Å². The first kappa shape index (κ1) is 19.1. The van der Waals surface area contributed by atoms with Gasteiger partial charge in [-0.2, -0.15) is 23.5 Å². The molecule has 0 amide bonds. The Hall–Kier alpha value is -1.66. The van der Waals surface area contributed by atoms with E-state index in [2.05, 4.69) is 0 Å². The van der Waals surface area contributed by atoms with Crippen molar-refractivity contribution in [2.24, 2.45) is 0 Å². The summed E-state index contributed by atoms with van der Waals surface area (Å²) in [6.45, 7) is 2.61. The lowest BCUT2D eigenvalue weighted by Crippen LogP contribution is -2.09. The number of ether oxygens (including phenoxy) is 4. The second-order valence-corrected chi connectivity index (χ2v) is 7.96. The lowest BCUT2D eigenvalue weighted by molar-refractivity contribution is 0.287. The fourth-order valence-corrected chi connectivity index (χ4v) is 3.64. The Kier molecular flexibility index (Phi) is 8.19. The maximum absolute atomic E-state index is 5.88. The molecule has 0 aromatic heterocycles. The number of hydrogen-bond donors (Lipinski definition) is 0. The summed E-state index contributed by atoms with van der Waals surface area (Å²) in [7, 11) is 0. The fourth-order valence-electron chi connectivity index (χ4n) is 2.42. The number of fused-ring (bicyclic) bond motifs is 2. The summed E-state index contributed by atoms with van der Waals surface area (Å²) in [5, 5.41) is 0. The van der Waals surface area contributed by atoms with Crippen LogP contribution in [-0.4, -0.2) is 49.4 Å². The molecule has 140 valence electrons. The van der Waals surface area contributed by atoms with Crippen molar-refractivity contribution in [1.29, 1.82) is 0 Å². The standard InChI is InChI=1S/C20H24O4S2/c1-2-6-18-17(5-1)21-9-13-25-15-11-23-19-7-3-4-8-20(19)24-12-16-26-14-10-22-18/h1-8H,9-16H2. The molecule has 1 aliphatic rings. The third kappa shape index (κ3) is 6.25. The van der Waals surface area contributed by atoms with Crippen molar-refractivity contribution in [3.63, 3.8) is 0 Å². The van der Waals surface area contributed by atoms with Crippen LogP contribution in [0.4, 0.5) is 0 Å². The van der Waals surface area contributed by atoms with E-state index < -0.39 is 0 Å². The summed E-state index contributed by atoms with van der Waals surface area (Å²) in [5.41, 5.74) is 0. The maximum Gasteiger partial charge on any atom is 0.161 e. The highest BCUT2D eigenvalue weighted by molar-refractivity contribution is 7.99. The molecule has 0 saturated heterocycles. The van der Waals surface area contributed by atoms with Crippen molar-refractivity contribution in [2.45, 2.75) is 0 Å². The average molecular weight is 393 g/mol. The van der Waals surface area contributed by atoms with Crippen molar-refractivity contribution in [3.8, 4) is 23.0 Å². The molecular formula is C20H24O4S2. The molecule has 0 saturated carbocycles. The second kappa shape index (κ2) is 11.1. The minimum absolute atomic E-state index is 0.652. The van der Waals surface area contributed by atoms with E-state index in [1.54, 1.807) is 0 Å². The average Bonchev–Trinajstić information content (AvgIpc) is 2.68. The predicted molar refractivity (Wildman–Crippen MR) is 110 cm³/mol. The van der Waals surface area contributed by atoms with Crippen LogP contribution in [0.3, 0.4) is 0 Å². The van der Waals surface area contributed by atoms with Gasteiger partial charge in [0, 0.05) is 23.0 Å². The van der Waals surface area contributed by atoms with Gasteiger partial charge in [-0.05, 0) is 24.3 Å². The highest BCUT2D eigenvalue weighted by Gasteiger charge is 2.06. The fraction of sp³-hybridized carbons (Fsp3) is 0.400. The Labute approximate surface area is 163 Å². The second-order valence-electron chi connectivity index (χ2n) is 5.51. The summed E-state index contributed by atoms with van der Waals surface area (Å²) < 4.78 is 23.5. The van der Waals surface area contributed by atoms with E-state index in [1.165, 1.54) is 0 Å². The van der Waals surface area contributed by atoms with E-state index >= 15 is 0 Å². The molecule has 3 rings (SSSR count). The zero-order valence-corrected chi connectivity index (χ0v) is 16.4. The largest absolute Gasteiger partial charge is 0.489 e. The highest BCUT2D eigenvalue weighted by Crippen LogP contribution is 2.28. The normalized spacial score (nSPS) is 16.9. The van der Waals surface area contributed by atoms with Crippen LogP contribution >= 0.6 is 23.5 Å². The van der Waals surface area contributed by atoms with Crippen LogP contribution in [-0.2, 0) is 0 Å². The zero-order chi connectivity index (χ0) is 17.9. The SMILES string of the molecule is c1ccc2c(c1)OCCSCCOc1ccccc1OCCSCCO2. The molecule has 0 radical (unpaired) electrons. The maximum atomic E-state index is 5.88. The Morgan fingerprint density at radius 2 is 0.731 bits per heavy atom. The van der Waals surface area contributed by atoms with Crippen LogP contribution in [0.15, 0.2) is 48.5 Å². The summed E-state index contributed by atoms with van der Waals surface area (Å²) in [6.07, 6.45) is 0. The first-order valence-corrected chi connectivity index (χ1v) is 11.1. The first-order chi connectivity index (χ1) is 12.9. The van der Waals surface area contributed by atoms with Crippen molar-refractivity contribution < 1.29 is 18.9 Å². The van der Waals surface area contributed by atoms with Gasteiger partial charge >= 0.3 is 0 Å². The van der Waals surface area contributed by atoms with Gasteiger partial charge in [0.05, 0.1) is 26.4 Å². The minimum Gasteiger partial charge on any atom is -0.489 e. The smallest absolute Gasteiger partial charge is 0.161 e. The molecule has 2 aromatic rings. The van der Waals surface area contributed by atoms with Gasteiger partial charge in [-0.1, -0.05) is 24.3 Å². The Morgan fingerprint density at radius 3 is 1.00 bits per heavy atom. The number of benzene rings is 2. The van der Waals surface area contributed by atoms with E-state index in [4.69, 9.17) is 18.9 Å². The van der Waals surface area contributed by atoms with Crippen LogP contribution in [0.5, 0.6) is 23.0 Å². The van der Waals surface area contributed by atoms with Crippen LogP contribution in [0.25, 0.3) is 0 Å². The first-order valence-electron chi connectivity index (χ1n) is 8.78. The topological polar surface area (TPSA) is 36.9 Å². The zero-order valence-electron chi connectivity index (χ0n) is 14.7. The van der Waals surface area contributed by atoms with E-state index in [-0.39, 0.29) is 0 Å². The molecule has 2 aromatic carbocycles. The molecule has 0 unspecified atom stereocenters. The molecular weight excluding hydrogens is 368 g/mol. The minimum atomic E-state index is 0.652. The van der Waals surface area contributed by atoms with Crippen molar-refractivity contribution in [3.05, 3.63) is 48.5 Å². The molecule has 1 heterocycles. The van der Waals surface area contributed by atoms with Gasteiger partial charge in [0.25, 0.3) is 0 Å². The third-order valence-corrected chi connectivity index (χ3v) is 5.46. The molecule has 0 fully saturated rings. The lowest BCUT2D eigenvalue weighted by Gasteiger charge is -2.14. The predicted octanol–water partition coefficient (Wildman–Crippen LogP) is 4.38. The Bertz CT molecular complexity index is 554. The Morgan fingerprint density at radius 1 is 0.462 bits per heavy atom. The van der Waals surface area contributed by atoms with Crippen molar-refractivity contribution in [1.82, 2.24) is 0 Å². The van der Waals surface area contributed by atoms with E-state index in [1.807, 2.05) is 72.1 Å². The van der Waals surface area contributed by atoms with Gasteiger partial charge in [-0.3, -0.25) is 0 Å². The molecule has 0 atom stereocenters. The van der Waals surface area contributed by atoms with Crippen LogP contribution < -0.4 is 18.9 Å². The summed E-state index contributed by atoms with van der Waals surface area (Å²) in [4.78, 5) is 0. The number of rotatable bonds is 0. The lowest BCUT2D eigenvalue weighted by atomic mass is 10.3. The van der Waals surface area contributed by atoms with E-state index in [0.29, 0.717) is 26.4 Å². The molecule has 0 aliphatic carbocycles. The van der Waals surface area contributed by atoms with Crippen molar-refractivity contribution >= 4 is 23.5 Å². The van der Waals surface area contributed by atoms with Gasteiger partial charge in [0.2, 0.25) is 0 Å². The van der Waals surface area contributed by atoms with Gasteiger partial charge in [-0.25, -0.2) is 0 Å². The molecule has 0 bridgehead atoms. The van der Waals surface area contributed by atoms with Crippen LogP contribution in [0.2, 0.25) is 0 Å². The van der Waals surface area contributed by atoms with E-state index in [9.17, 15) is 0 Å². The van der Waals surface area contributed by atoms with Gasteiger partial charge in [0.15, 0.2) is 23.0 Å². The molecule has 0 spiro atoms. The summed E-state index contributed by atoms with van der Waals surface area (Å²) >= 11 is 3.62. The number of para-hydroxylation sites is 4. The summed E-state index contributed by atoms with van der Waals surface area (Å²) in [6, 6.07) is 15.7. The molecule has 1 aliphatic heterocycles. The third-order valence-electron chi connectivity index (χ3n) is 3.64. The van der Waals surface area contributed by atoms with Crippen LogP contribution in [0, 0.1) is 0 Å². The Balaban J connectivity index is 1.56. The molecule has 4 nitrogen and oxygen atoms in total. The number of thioether (sulfide) groups is 2. The van der Waals surface area contributed by atoms with Gasteiger partial charge in [0.1, 0.15) is 0 Å². The highest BCUT2D eigenvalue weighted by atomic mass is 32.2. The van der Waals surface area contributed by atoms with Crippen LogP contribution in [0.1, 0.15) is 0 Å². The molecule has 0 N–H and O–H groups in total. The molecule has 26 heavy (non-hydrogen) atoms.